The Morgan fingerprint density at radius 1 is 0.821 bits per heavy atom. The molecule has 0 aromatic heterocycles. The molecular weight excluding hydrogens is 372 g/mol. The first-order valence-electron chi connectivity index (χ1n) is 8.61. The number of hydrogen-bond donors (Lipinski definition) is 2. The van der Waals surface area contributed by atoms with Crippen LogP contribution in [-0.4, -0.2) is 25.2 Å². The Kier molecular flexibility index (Phi) is 6.34. The Morgan fingerprint density at radius 3 is 2.21 bits per heavy atom. The molecule has 0 aliphatic rings. The van der Waals surface area contributed by atoms with E-state index < -0.39 is 0 Å². The topological polar surface area (TPSA) is 67.4 Å². The number of anilines is 2. The van der Waals surface area contributed by atoms with Gasteiger partial charge in [-0.2, -0.15) is 0 Å². The summed E-state index contributed by atoms with van der Waals surface area (Å²) in [6.07, 6.45) is 1.93. The van der Waals surface area contributed by atoms with Gasteiger partial charge in [0.15, 0.2) is 0 Å². The van der Waals surface area contributed by atoms with Crippen LogP contribution in [0.2, 0.25) is 0 Å². The van der Waals surface area contributed by atoms with Crippen molar-refractivity contribution in [3.05, 3.63) is 83.9 Å². The van der Waals surface area contributed by atoms with E-state index in [1.54, 1.807) is 49.6 Å². The first-order valence-corrected chi connectivity index (χ1v) is 9.83. The van der Waals surface area contributed by atoms with E-state index in [1.807, 2.05) is 36.6 Å². The monoisotopic (exact) mass is 392 g/mol. The van der Waals surface area contributed by atoms with Gasteiger partial charge in [-0.3, -0.25) is 9.59 Å². The van der Waals surface area contributed by atoms with E-state index in [0.29, 0.717) is 28.3 Å². The Morgan fingerprint density at radius 2 is 1.50 bits per heavy atom. The summed E-state index contributed by atoms with van der Waals surface area (Å²) in [6, 6.07) is 21.4. The van der Waals surface area contributed by atoms with Crippen LogP contribution in [0.15, 0.2) is 77.7 Å². The molecule has 2 amide bonds. The molecule has 0 radical (unpaired) electrons. The molecule has 0 aliphatic carbocycles. The molecule has 3 aromatic rings. The van der Waals surface area contributed by atoms with Crippen LogP contribution in [0, 0.1) is 0 Å². The molecule has 2 N–H and O–H groups in total. The van der Waals surface area contributed by atoms with Gasteiger partial charge in [-0.25, -0.2) is 0 Å². The van der Waals surface area contributed by atoms with E-state index in [-0.39, 0.29) is 11.8 Å². The molecule has 3 rings (SSSR count). The lowest BCUT2D eigenvalue weighted by Gasteiger charge is -2.11. The third-order valence-corrected chi connectivity index (χ3v) is 4.91. The predicted molar refractivity (Wildman–Crippen MR) is 114 cm³/mol. The highest BCUT2D eigenvalue weighted by Crippen LogP contribution is 2.24. The van der Waals surface area contributed by atoms with Crippen molar-refractivity contribution >= 4 is 35.0 Å². The number of rotatable bonds is 6. The van der Waals surface area contributed by atoms with E-state index in [1.165, 1.54) is 11.8 Å². The Hall–Kier alpha value is -3.25. The molecule has 0 spiro atoms. The molecule has 6 heteroatoms. The molecule has 28 heavy (non-hydrogen) atoms. The summed E-state index contributed by atoms with van der Waals surface area (Å²) < 4.78 is 5.24. The second kappa shape index (κ2) is 9.10. The van der Waals surface area contributed by atoms with Gasteiger partial charge in [0.2, 0.25) is 0 Å². The molecule has 142 valence electrons. The second-order valence-corrected chi connectivity index (χ2v) is 6.73. The van der Waals surface area contributed by atoms with Crippen LogP contribution < -0.4 is 15.4 Å². The average Bonchev–Trinajstić information content (AvgIpc) is 2.74. The van der Waals surface area contributed by atoms with Gasteiger partial charge in [0.05, 0.1) is 18.4 Å². The number of methoxy groups -OCH3 is 1. The maximum absolute atomic E-state index is 12.5. The number of para-hydroxylation sites is 2. The lowest BCUT2D eigenvalue weighted by molar-refractivity contribution is 0.101. The Labute approximate surface area is 168 Å². The van der Waals surface area contributed by atoms with Gasteiger partial charge in [-0.05, 0) is 54.8 Å². The minimum Gasteiger partial charge on any atom is -0.495 e. The Bertz CT molecular complexity index is 987. The van der Waals surface area contributed by atoms with Gasteiger partial charge < -0.3 is 15.4 Å². The van der Waals surface area contributed by atoms with Crippen molar-refractivity contribution in [2.45, 2.75) is 4.90 Å². The maximum atomic E-state index is 12.5. The van der Waals surface area contributed by atoms with Crippen molar-refractivity contribution in [1.82, 2.24) is 0 Å². The van der Waals surface area contributed by atoms with Crippen molar-refractivity contribution < 1.29 is 14.3 Å². The fraction of sp³-hybridized carbons (Fsp3) is 0.0909. The summed E-state index contributed by atoms with van der Waals surface area (Å²) in [6.45, 7) is 0. The predicted octanol–water partition coefficient (Wildman–Crippen LogP) is 4.92. The molecule has 0 unspecified atom stereocenters. The highest BCUT2D eigenvalue weighted by Gasteiger charge is 2.12. The van der Waals surface area contributed by atoms with Crippen molar-refractivity contribution in [2.24, 2.45) is 0 Å². The lowest BCUT2D eigenvalue weighted by atomic mass is 10.1. The highest BCUT2D eigenvalue weighted by atomic mass is 32.2. The summed E-state index contributed by atoms with van der Waals surface area (Å²) in [5.74, 6) is 0.151. The van der Waals surface area contributed by atoms with Crippen LogP contribution in [-0.2, 0) is 0 Å². The minimum absolute atomic E-state index is 0.184. The van der Waals surface area contributed by atoms with E-state index >= 15 is 0 Å². The van der Waals surface area contributed by atoms with Gasteiger partial charge in [0.1, 0.15) is 5.75 Å². The van der Waals surface area contributed by atoms with Crippen molar-refractivity contribution in [3.8, 4) is 5.75 Å². The van der Waals surface area contributed by atoms with Gasteiger partial charge >= 0.3 is 0 Å². The van der Waals surface area contributed by atoms with E-state index in [0.717, 1.165) is 4.90 Å². The summed E-state index contributed by atoms with van der Waals surface area (Å²) in [5, 5.41) is 5.69. The molecule has 3 aromatic carbocycles. The second-order valence-electron chi connectivity index (χ2n) is 5.89. The SMILES string of the molecule is COc1ccccc1NC(=O)c1ccc(NC(=O)c2ccccc2SC)cc1. The van der Waals surface area contributed by atoms with Gasteiger partial charge in [0.25, 0.3) is 11.8 Å². The largest absolute Gasteiger partial charge is 0.495 e. The summed E-state index contributed by atoms with van der Waals surface area (Å²) in [7, 11) is 1.55. The summed E-state index contributed by atoms with van der Waals surface area (Å²) in [5.41, 5.74) is 2.32. The van der Waals surface area contributed by atoms with E-state index in [4.69, 9.17) is 4.74 Å². The number of benzene rings is 3. The van der Waals surface area contributed by atoms with Crippen LogP contribution in [0.4, 0.5) is 11.4 Å². The standard InChI is InChI=1S/C22H20N2O3S/c1-27-19-9-5-4-8-18(19)24-21(25)15-11-13-16(14-12-15)23-22(26)17-7-3-6-10-20(17)28-2/h3-14H,1-2H3,(H,23,26)(H,24,25). The fourth-order valence-corrected chi connectivity index (χ4v) is 3.27. The quantitative estimate of drug-likeness (QED) is 0.584. The van der Waals surface area contributed by atoms with Gasteiger partial charge in [0, 0.05) is 16.1 Å². The van der Waals surface area contributed by atoms with Crippen LogP contribution in [0.3, 0.4) is 0 Å². The molecule has 5 nitrogen and oxygen atoms in total. The third-order valence-electron chi connectivity index (χ3n) is 4.11. The average molecular weight is 392 g/mol. The zero-order valence-electron chi connectivity index (χ0n) is 15.6. The molecule has 0 saturated heterocycles. The lowest BCUT2D eigenvalue weighted by Crippen LogP contribution is -2.14. The smallest absolute Gasteiger partial charge is 0.256 e. The number of thioether (sulfide) groups is 1. The maximum Gasteiger partial charge on any atom is 0.256 e. The molecule has 0 bridgehead atoms. The van der Waals surface area contributed by atoms with Crippen molar-refractivity contribution in [3.63, 3.8) is 0 Å². The van der Waals surface area contributed by atoms with Crippen LogP contribution in [0.25, 0.3) is 0 Å². The number of ether oxygens (including phenoxy) is 1. The third kappa shape index (κ3) is 4.53. The first kappa shape index (κ1) is 19.5. The Balaban J connectivity index is 1.69. The fourth-order valence-electron chi connectivity index (χ4n) is 2.68. The van der Waals surface area contributed by atoms with Gasteiger partial charge in [-0.1, -0.05) is 24.3 Å². The highest BCUT2D eigenvalue weighted by molar-refractivity contribution is 7.98. The summed E-state index contributed by atoms with van der Waals surface area (Å²) >= 11 is 1.52. The van der Waals surface area contributed by atoms with E-state index in [2.05, 4.69) is 10.6 Å². The molecule has 0 saturated carbocycles. The van der Waals surface area contributed by atoms with Gasteiger partial charge in [-0.15, -0.1) is 11.8 Å². The number of carbonyl (C=O) groups excluding carboxylic acids is 2. The molecular formula is C22H20N2O3S. The number of amides is 2. The summed E-state index contributed by atoms with van der Waals surface area (Å²) in [4.78, 5) is 25.9. The number of carbonyl (C=O) groups is 2. The van der Waals surface area contributed by atoms with Crippen LogP contribution in [0.5, 0.6) is 5.75 Å². The van der Waals surface area contributed by atoms with Crippen LogP contribution in [0.1, 0.15) is 20.7 Å². The number of hydrogen-bond acceptors (Lipinski definition) is 4. The molecule has 0 heterocycles. The normalized spacial score (nSPS) is 10.2. The first-order chi connectivity index (χ1) is 13.6. The molecule has 0 aliphatic heterocycles. The van der Waals surface area contributed by atoms with Crippen molar-refractivity contribution in [2.75, 3.05) is 24.0 Å². The molecule has 0 fully saturated rings. The van der Waals surface area contributed by atoms with Crippen LogP contribution >= 0.6 is 11.8 Å². The van der Waals surface area contributed by atoms with E-state index in [9.17, 15) is 9.59 Å². The molecule has 0 atom stereocenters. The zero-order valence-corrected chi connectivity index (χ0v) is 16.4. The zero-order chi connectivity index (χ0) is 19.9. The minimum atomic E-state index is -0.255. The van der Waals surface area contributed by atoms with Crippen molar-refractivity contribution in [1.29, 1.82) is 0 Å². The number of nitrogens with one attached hydrogen (secondary N) is 2.